The van der Waals surface area contributed by atoms with Gasteiger partial charge in [0.2, 0.25) is 5.91 Å². The van der Waals surface area contributed by atoms with Crippen LogP contribution in [0.1, 0.15) is 28.4 Å². The summed E-state index contributed by atoms with van der Waals surface area (Å²) in [6.07, 6.45) is 8.96. The van der Waals surface area contributed by atoms with Crippen LogP contribution in [-0.2, 0) is 4.79 Å². The summed E-state index contributed by atoms with van der Waals surface area (Å²) in [5, 5.41) is 20.8. The molecule has 11 heteroatoms. The summed E-state index contributed by atoms with van der Waals surface area (Å²) in [5.74, 6) is 0.428. The largest absolute Gasteiger partial charge is 0.496 e. The number of fused-ring (bicyclic) bond motifs is 1. The molecule has 4 aromatic rings. The molecule has 11 nitrogen and oxygen atoms in total. The van der Waals surface area contributed by atoms with Gasteiger partial charge in [-0.1, -0.05) is 6.58 Å². The van der Waals surface area contributed by atoms with Crippen molar-refractivity contribution in [2.24, 2.45) is 0 Å². The lowest BCUT2D eigenvalue weighted by Gasteiger charge is -2.19. The Kier molecular flexibility index (Phi) is 6.53. The van der Waals surface area contributed by atoms with E-state index in [9.17, 15) is 14.9 Å². The van der Waals surface area contributed by atoms with Crippen molar-refractivity contribution in [1.82, 2.24) is 24.3 Å². The molecule has 0 bridgehead atoms. The molecule has 2 amide bonds. The molecular formula is C27H25N7O4. The van der Waals surface area contributed by atoms with Crippen LogP contribution >= 0.6 is 0 Å². The van der Waals surface area contributed by atoms with Crippen LogP contribution in [0, 0.1) is 11.3 Å². The van der Waals surface area contributed by atoms with Gasteiger partial charge in [0.1, 0.15) is 28.6 Å². The van der Waals surface area contributed by atoms with Crippen molar-refractivity contribution in [2.75, 3.05) is 32.6 Å². The monoisotopic (exact) mass is 511 g/mol. The number of aromatic nitrogens is 4. The number of benzene rings is 1. The van der Waals surface area contributed by atoms with Crippen LogP contribution in [0.25, 0.3) is 16.6 Å². The molecule has 0 saturated carbocycles. The second-order valence-corrected chi connectivity index (χ2v) is 8.77. The standard InChI is InChI=1S/C27H25N7O4/c1-4-25(35)31-20-5-6-22(23(10-20)37-2)27(36)32-8-7-21(16-32)33-15-19(13-29-33)17-9-24(38-3)26-18(11-28)12-30-34(26)14-17/h4-6,9-10,12-15,21H,1,7-8,16H2,2-3H3,(H,31,35)/t21-/m0/s1. The maximum Gasteiger partial charge on any atom is 0.257 e. The van der Waals surface area contributed by atoms with Gasteiger partial charge in [-0.3, -0.25) is 14.3 Å². The van der Waals surface area contributed by atoms with Crippen molar-refractivity contribution >= 4 is 23.0 Å². The molecule has 0 spiro atoms. The molecular weight excluding hydrogens is 486 g/mol. The summed E-state index contributed by atoms with van der Waals surface area (Å²) < 4.78 is 14.4. The first kappa shape index (κ1) is 24.6. The van der Waals surface area contributed by atoms with Gasteiger partial charge < -0.3 is 19.7 Å². The number of anilines is 1. The van der Waals surface area contributed by atoms with Crippen molar-refractivity contribution in [3.8, 4) is 28.7 Å². The maximum atomic E-state index is 13.3. The van der Waals surface area contributed by atoms with Gasteiger partial charge >= 0.3 is 0 Å². The van der Waals surface area contributed by atoms with E-state index in [4.69, 9.17) is 9.47 Å². The van der Waals surface area contributed by atoms with Crippen LogP contribution in [0.2, 0.25) is 0 Å². The molecule has 1 saturated heterocycles. The molecule has 1 fully saturated rings. The summed E-state index contributed by atoms with van der Waals surface area (Å²) in [6, 6.07) is 8.92. The summed E-state index contributed by atoms with van der Waals surface area (Å²) >= 11 is 0. The average Bonchev–Trinajstić information content (AvgIpc) is 3.71. The molecule has 0 unspecified atom stereocenters. The van der Waals surface area contributed by atoms with Gasteiger partial charge in [0, 0.05) is 48.4 Å². The zero-order valence-corrected chi connectivity index (χ0v) is 20.9. The molecule has 1 aliphatic rings. The lowest BCUT2D eigenvalue weighted by molar-refractivity contribution is -0.111. The van der Waals surface area contributed by atoms with Crippen LogP contribution in [-0.4, -0.2) is 63.4 Å². The van der Waals surface area contributed by atoms with E-state index in [0.717, 1.165) is 17.5 Å². The van der Waals surface area contributed by atoms with E-state index in [1.54, 1.807) is 40.9 Å². The Balaban J connectivity index is 1.33. The Bertz CT molecular complexity index is 1600. The van der Waals surface area contributed by atoms with Crippen LogP contribution in [0.15, 0.2) is 61.7 Å². The molecule has 4 heterocycles. The summed E-state index contributed by atoms with van der Waals surface area (Å²) in [6.45, 7) is 4.50. The number of pyridine rings is 1. The van der Waals surface area contributed by atoms with Crippen molar-refractivity contribution < 1.29 is 19.1 Å². The quantitative estimate of drug-likeness (QED) is 0.377. The van der Waals surface area contributed by atoms with Gasteiger partial charge in [-0.15, -0.1) is 0 Å². The lowest BCUT2D eigenvalue weighted by atomic mass is 10.1. The molecule has 0 radical (unpaired) electrons. The van der Waals surface area contributed by atoms with Crippen molar-refractivity contribution in [1.29, 1.82) is 5.26 Å². The van der Waals surface area contributed by atoms with Crippen molar-refractivity contribution in [2.45, 2.75) is 12.5 Å². The molecule has 5 rings (SSSR count). The van der Waals surface area contributed by atoms with Crippen LogP contribution in [0.3, 0.4) is 0 Å². The van der Waals surface area contributed by atoms with Gasteiger partial charge in [-0.05, 0) is 30.7 Å². The Morgan fingerprint density at radius 1 is 1.13 bits per heavy atom. The fourth-order valence-corrected chi connectivity index (χ4v) is 4.62. The molecule has 1 aliphatic heterocycles. The fraction of sp³-hybridized carbons (Fsp3) is 0.222. The Morgan fingerprint density at radius 3 is 2.68 bits per heavy atom. The van der Waals surface area contributed by atoms with Gasteiger partial charge in [-0.2, -0.15) is 15.5 Å². The highest BCUT2D eigenvalue weighted by Crippen LogP contribution is 2.32. The van der Waals surface area contributed by atoms with E-state index in [-0.39, 0.29) is 17.9 Å². The average molecular weight is 512 g/mol. The van der Waals surface area contributed by atoms with E-state index >= 15 is 0 Å². The number of amides is 2. The highest BCUT2D eigenvalue weighted by molar-refractivity contribution is 6.01. The summed E-state index contributed by atoms with van der Waals surface area (Å²) in [4.78, 5) is 26.7. The third kappa shape index (κ3) is 4.43. The van der Waals surface area contributed by atoms with E-state index < -0.39 is 0 Å². The summed E-state index contributed by atoms with van der Waals surface area (Å²) in [5.41, 5.74) is 3.69. The molecule has 0 aliphatic carbocycles. The van der Waals surface area contributed by atoms with Gasteiger partial charge in [0.05, 0.1) is 38.2 Å². The van der Waals surface area contributed by atoms with Gasteiger partial charge in [-0.25, -0.2) is 4.52 Å². The Labute approximate surface area is 218 Å². The number of rotatable bonds is 7. The predicted molar refractivity (Wildman–Crippen MR) is 139 cm³/mol. The normalized spacial score (nSPS) is 14.8. The van der Waals surface area contributed by atoms with Crippen LogP contribution in [0.4, 0.5) is 5.69 Å². The Hall–Kier alpha value is -5.11. The highest BCUT2D eigenvalue weighted by Gasteiger charge is 2.30. The minimum atomic E-state index is -0.345. The smallest absolute Gasteiger partial charge is 0.257 e. The molecule has 1 atom stereocenters. The zero-order chi connectivity index (χ0) is 26.8. The van der Waals surface area contributed by atoms with E-state index in [2.05, 4.69) is 28.2 Å². The molecule has 1 N–H and O–H groups in total. The number of nitrogens with zero attached hydrogens (tertiary/aromatic N) is 6. The third-order valence-electron chi connectivity index (χ3n) is 6.56. The van der Waals surface area contributed by atoms with E-state index in [0.29, 0.717) is 46.9 Å². The SMILES string of the molecule is C=CC(=O)Nc1ccc(C(=O)N2CC[C@H](n3cc(-c4cc(OC)c5c(C#N)cnn5c4)cn3)C2)c(OC)c1. The molecule has 3 aromatic heterocycles. The van der Waals surface area contributed by atoms with Gasteiger partial charge in [0.25, 0.3) is 5.91 Å². The minimum Gasteiger partial charge on any atom is -0.496 e. The number of nitrogens with one attached hydrogen (secondary N) is 1. The minimum absolute atomic E-state index is 0.00497. The second-order valence-electron chi connectivity index (χ2n) is 8.77. The first-order valence-electron chi connectivity index (χ1n) is 11.9. The number of ether oxygens (including phenoxy) is 2. The molecule has 38 heavy (non-hydrogen) atoms. The van der Waals surface area contributed by atoms with E-state index in [1.165, 1.54) is 19.4 Å². The lowest BCUT2D eigenvalue weighted by Crippen LogP contribution is -2.29. The number of likely N-dealkylation sites (tertiary alicyclic amines) is 1. The first-order chi connectivity index (χ1) is 18.4. The number of nitriles is 1. The number of hydrogen-bond acceptors (Lipinski definition) is 7. The topological polar surface area (TPSA) is 127 Å². The maximum absolute atomic E-state index is 13.3. The van der Waals surface area contributed by atoms with Crippen molar-refractivity contribution in [3.63, 3.8) is 0 Å². The van der Waals surface area contributed by atoms with Crippen LogP contribution < -0.4 is 14.8 Å². The Morgan fingerprint density at radius 2 is 1.95 bits per heavy atom. The highest BCUT2D eigenvalue weighted by atomic mass is 16.5. The number of carbonyl (C=O) groups is 2. The number of carbonyl (C=O) groups excluding carboxylic acids is 2. The molecule has 1 aromatic carbocycles. The fourth-order valence-electron chi connectivity index (χ4n) is 4.62. The van der Waals surface area contributed by atoms with E-state index in [1.807, 2.05) is 23.1 Å². The first-order valence-corrected chi connectivity index (χ1v) is 11.9. The van der Waals surface area contributed by atoms with Crippen molar-refractivity contribution in [3.05, 3.63) is 72.8 Å². The van der Waals surface area contributed by atoms with Crippen LogP contribution in [0.5, 0.6) is 11.5 Å². The zero-order valence-electron chi connectivity index (χ0n) is 20.9. The third-order valence-corrected chi connectivity index (χ3v) is 6.56. The number of methoxy groups -OCH3 is 2. The second kappa shape index (κ2) is 10.1. The number of hydrogen-bond donors (Lipinski definition) is 1. The molecule has 192 valence electrons. The summed E-state index contributed by atoms with van der Waals surface area (Å²) in [7, 11) is 3.04. The van der Waals surface area contributed by atoms with Gasteiger partial charge in [0.15, 0.2) is 0 Å². The predicted octanol–water partition coefficient (Wildman–Crippen LogP) is 3.30.